The summed E-state index contributed by atoms with van der Waals surface area (Å²) in [5.74, 6) is 0.270. The van der Waals surface area contributed by atoms with E-state index in [1.807, 2.05) is 0 Å². The molecule has 5 nitrogen and oxygen atoms in total. The van der Waals surface area contributed by atoms with Crippen molar-refractivity contribution in [1.29, 1.82) is 0 Å². The standard InChI is InChI=1S/C10H16N2O3S/c1-2-16(14,15)5-3-4-10(13)9-6-11-8-12-7-9/h6-8,10,13H,2-5H2,1H3. The third-order valence-corrected chi connectivity index (χ3v) is 4.13. The minimum absolute atomic E-state index is 0.119. The van der Waals surface area contributed by atoms with Crippen LogP contribution in [0.3, 0.4) is 0 Å². The minimum Gasteiger partial charge on any atom is -0.388 e. The van der Waals surface area contributed by atoms with Crippen LogP contribution in [-0.2, 0) is 9.84 Å². The van der Waals surface area contributed by atoms with Crippen molar-refractivity contribution in [3.8, 4) is 0 Å². The van der Waals surface area contributed by atoms with Crippen molar-refractivity contribution in [2.75, 3.05) is 11.5 Å². The fourth-order valence-electron chi connectivity index (χ4n) is 1.29. The van der Waals surface area contributed by atoms with Crippen molar-refractivity contribution in [3.05, 3.63) is 24.3 Å². The van der Waals surface area contributed by atoms with Crippen LogP contribution in [0.4, 0.5) is 0 Å². The largest absolute Gasteiger partial charge is 0.388 e. The Morgan fingerprint density at radius 1 is 1.38 bits per heavy atom. The lowest BCUT2D eigenvalue weighted by molar-refractivity contribution is 0.166. The predicted molar refractivity (Wildman–Crippen MR) is 60.6 cm³/mol. The first-order chi connectivity index (χ1) is 7.55. The Labute approximate surface area is 95.5 Å². The molecule has 1 aromatic heterocycles. The van der Waals surface area contributed by atoms with Crippen LogP contribution in [0.25, 0.3) is 0 Å². The van der Waals surface area contributed by atoms with Gasteiger partial charge in [0.2, 0.25) is 0 Å². The van der Waals surface area contributed by atoms with E-state index in [2.05, 4.69) is 9.97 Å². The molecule has 1 atom stereocenters. The average Bonchev–Trinajstić information content (AvgIpc) is 2.30. The molecule has 0 saturated heterocycles. The summed E-state index contributed by atoms with van der Waals surface area (Å²) in [6.45, 7) is 1.62. The molecule has 0 aliphatic rings. The minimum atomic E-state index is -2.94. The molecule has 0 bridgehead atoms. The maximum Gasteiger partial charge on any atom is 0.150 e. The molecule has 0 saturated carbocycles. The Kier molecular flexibility index (Phi) is 4.82. The lowest BCUT2D eigenvalue weighted by atomic mass is 10.1. The second-order valence-electron chi connectivity index (χ2n) is 3.57. The summed E-state index contributed by atoms with van der Waals surface area (Å²) in [6, 6.07) is 0. The van der Waals surface area contributed by atoms with Gasteiger partial charge in [0, 0.05) is 23.7 Å². The Morgan fingerprint density at radius 2 is 2.00 bits per heavy atom. The zero-order chi connectivity index (χ0) is 12.0. The first-order valence-electron chi connectivity index (χ1n) is 5.18. The maximum absolute atomic E-state index is 11.2. The van der Waals surface area contributed by atoms with Gasteiger partial charge in [-0.05, 0) is 12.8 Å². The van der Waals surface area contributed by atoms with Gasteiger partial charge in [0.25, 0.3) is 0 Å². The number of aliphatic hydroxyl groups is 1. The van der Waals surface area contributed by atoms with Crippen molar-refractivity contribution in [3.63, 3.8) is 0 Å². The Morgan fingerprint density at radius 3 is 2.56 bits per heavy atom. The van der Waals surface area contributed by atoms with E-state index >= 15 is 0 Å². The van der Waals surface area contributed by atoms with Gasteiger partial charge >= 0.3 is 0 Å². The highest BCUT2D eigenvalue weighted by molar-refractivity contribution is 7.91. The predicted octanol–water partition coefficient (Wildman–Crippen LogP) is 0.725. The first kappa shape index (κ1) is 13.1. The van der Waals surface area contributed by atoms with Crippen LogP contribution in [0.1, 0.15) is 31.4 Å². The molecular weight excluding hydrogens is 228 g/mol. The Balaban J connectivity index is 2.40. The third-order valence-electron chi connectivity index (χ3n) is 2.34. The highest BCUT2D eigenvalue weighted by Crippen LogP contribution is 2.16. The number of hydrogen-bond acceptors (Lipinski definition) is 5. The number of rotatable bonds is 6. The van der Waals surface area contributed by atoms with Gasteiger partial charge < -0.3 is 5.11 Å². The van der Waals surface area contributed by atoms with Crippen molar-refractivity contribution in [2.45, 2.75) is 25.9 Å². The van der Waals surface area contributed by atoms with Crippen LogP contribution < -0.4 is 0 Å². The molecule has 0 aromatic carbocycles. The maximum atomic E-state index is 11.2. The van der Waals surface area contributed by atoms with E-state index in [0.717, 1.165) is 0 Å². The van der Waals surface area contributed by atoms with E-state index in [9.17, 15) is 13.5 Å². The quantitative estimate of drug-likeness (QED) is 0.797. The molecule has 1 unspecified atom stereocenters. The van der Waals surface area contributed by atoms with E-state index in [-0.39, 0.29) is 11.5 Å². The van der Waals surface area contributed by atoms with Crippen LogP contribution in [0, 0.1) is 0 Å². The van der Waals surface area contributed by atoms with Crippen molar-refractivity contribution < 1.29 is 13.5 Å². The normalized spacial score (nSPS) is 13.6. The van der Waals surface area contributed by atoms with Crippen LogP contribution in [-0.4, -0.2) is 35.0 Å². The molecule has 0 spiro atoms. The fraction of sp³-hybridized carbons (Fsp3) is 0.600. The number of aliphatic hydroxyl groups excluding tert-OH is 1. The first-order valence-corrected chi connectivity index (χ1v) is 7.00. The van der Waals surface area contributed by atoms with Gasteiger partial charge in [-0.25, -0.2) is 18.4 Å². The summed E-state index contributed by atoms with van der Waals surface area (Å²) in [4.78, 5) is 7.58. The van der Waals surface area contributed by atoms with E-state index in [1.165, 1.54) is 18.7 Å². The van der Waals surface area contributed by atoms with Gasteiger partial charge in [-0.1, -0.05) is 6.92 Å². The lowest BCUT2D eigenvalue weighted by Crippen LogP contribution is -2.10. The molecule has 16 heavy (non-hydrogen) atoms. The van der Waals surface area contributed by atoms with Crippen LogP contribution in [0.15, 0.2) is 18.7 Å². The molecule has 0 radical (unpaired) electrons. The van der Waals surface area contributed by atoms with Gasteiger partial charge in [0.05, 0.1) is 11.9 Å². The Bertz CT molecular complexity index is 405. The molecule has 0 fully saturated rings. The summed E-state index contributed by atoms with van der Waals surface area (Å²) < 4.78 is 22.4. The molecule has 6 heteroatoms. The lowest BCUT2D eigenvalue weighted by Gasteiger charge is -2.09. The highest BCUT2D eigenvalue weighted by Gasteiger charge is 2.11. The molecule has 90 valence electrons. The fourth-order valence-corrected chi connectivity index (χ4v) is 2.19. The number of nitrogens with zero attached hydrogens (tertiary/aromatic N) is 2. The summed E-state index contributed by atoms with van der Waals surface area (Å²) >= 11 is 0. The van der Waals surface area contributed by atoms with Crippen molar-refractivity contribution in [1.82, 2.24) is 9.97 Å². The smallest absolute Gasteiger partial charge is 0.150 e. The van der Waals surface area contributed by atoms with Gasteiger partial charge in [-0.2, -0.15) is 0 Å². The molecule has 1 heterocycles. The molecular formula is C10H16N2O3S. The molecule has 0 aliphatic heterocycles. The molecule has 0 aliphatic carbocycles. The van der Waals surface area contributed by atoms with Gasteiger partial charge in [0.1, 0.15) is 16.2 Å². The van der Waals surface area contributed by atoms with E-state index < -0.39 is 15.9 Å². The van der Waals surface area contributed by atoms with Crippen LogP contribution in [0.2, 0.25) is 0 Å². The van der Waals surface area contributed by atoms with Crippen molar-refractivity contribution >= 4 is 9.84 Å². The van der Waals surface area contributed by atoms with Crippen LogP contribution in [0.5, 0.6) is 0 Å². The van der Waals surface area contributed by atoms with Gasteiger partial charge in [-0.3, -0.25) is 0 Å². The molecule has 1 aromatic rings. The van der Waals surface area contributed by atoms with E-state index in [4.69, 9.17) is 0 Å². The summed E-state index contributed by atoms with van der Waals surface area (Å²) in [7, 11) is -2.94. The number of aromatic nitrogens is 2. The molecule has 1 rings (SSSR count). The monoisotopic (exact) mass is 244 g/mol. The molecule has 0 amide bonds. The second kappa shape index (κ2) is 5.91. The van der Waals surface area contributed by atoms with Crippen molar-refractivity contribution in [2.24, 2.45) is 0 Å². The van der Waals surface area contributed by atoms with E-state index in [0.29, 0.717) is 18.4 Å². The number of hydrogen-bond donors (Lipinski definition) is 1. The van der Waals surface area contributed by atoms with Crippen LogP contribution >= 0.6 is 0 Å². The zero-order valence-corrected chi connectivity index (χ0v) is 10.0. The summed E-state index contributed by atoms with van der Waals surface area (Å²) in [5.41, 5.74) is 0.622. The topological polar surface area (TPSA) is 80.2 Å². The van der Waals surface area contributed by atoms with Gasteiger partial charge in [0.15, 0.2) is 0 Å². The zero-order valence-electron chi connectivity index (χ0n) is 9.20. The SMILES string of the molecule is CCS(=O)(=O)CCCC(O)c1cncnc1. The third kappa shape index (κ3) is 4.24. The summed E-state index contributed by atoms with van der Waals surface area (Å²) in [5, 5.41) is 9.72. The molecule has 1 N–H and O–H groups in total. The van der Waals surface area contributed by atoms with E-state index in [1.54, 1.807) is 6.92 Å². The Hall–Kier alpha value is -1.01. The highest BCUT2D eigenvalue weighted by atomic mass is 32.2. The van der Waals surface area contributed by atoms with Gasteiger partial charge in [-0.15, -0.1) is 0 Å². The summed E-state index contributed by atoms with van der Waals surface area (Å²) in [6.07, 6.45) is 4.63. The second-order valence-corrected chi connectivity index (χ2v) is 6.04. The number of sulfone groups is 1. The average molecular weight is 244 g/mol.